The molecule has 0 saturated carbocycles. The van der Waals surface area contributed by atoms with Crippen LogP contribution in [0, 0.1) is 10.1 Å². The second kappa shape index (κ2) is 6.50. The maximum absolute atomic E-state index is 11.1. The molecule has 0 aromatic carbocycles. The van der Waals surface area contributed by atoms with Gasteiger partial charge in [-0.3, -0.25) is 19.9 Å². The van der Waals surface area contributed by atoms with Crippen molar-refractivity contribution < 1.29 is 29.4 Å². The molecule has 0 unspecified atom stereocenters. The lowest BCUT2D eigenvalue weighted by atomic mass is 10.0. The van der Waals surface area contributed by atoms with Crippen LogP contribution in [0.25, 0.3) is 5.76 Å². The fourth-order valence-electron chi connectivity index (χ4n) is 2.07. The average Bonchev–Trinajstić information content (AvgIpc) is 2.48. The number of aliphatic hydroxyl groups excluding tert-OH is 2. The summed E-state index contributed by atoms with van der Waals surface area (Å²) in [4.78, 5) is 25.2. The Balaban J connectivity index is 2.44. The van der Waals surface area contributed by atoms with Crippen molar-refractivity contribution in [1.29, 1.82) is 0 Å². The number of nitrogens with zero attached hydrogens (tertiary/aromatic N) is 2. The van der Waals surface area contributed by atoms with Crippen LogP contribution in [0.1, 0.15) is 12.5 Å². The molecular formula is C13H14N2O7. The van der Waals surface area contributed by atoms with Crippen molar-refractivity contribution in [1.82, 2.24) is 4.98 Å². The molecule has 0 radical (unpaired) electrons. The van der Waals surface area contributed by atoms with E-state index in [-0.39, 0.29) is 17.0 Å². The van der Waals surface area contributed by atoms with Gasteiger partial charge in [0, 0.05) is 19.2 Å². The molecular weight excluding hydrogens is 296 g/mol. The summed E-state index contributed by atoms with van der Waals surface area (Å²) in [5, 5.41) is 30.3. The monoisotopic (exact) mass is 310 g/mol. The van der Waals surface area contributed by atoms with Crippen molar-refractivity contribution in [3.05, 3.63) is 40.2 Å². The number of aromatic nitrogens is 1. The first kappa shape index (κ1) is 15.9. The zero-order valence-electron chi connectivity index (χ0n) is 11.6. The molecule has 22 heavy (non-hydrogen) atoms. The van der Waals surface area contributed by atoms with E-state index >= 15 is 0 Å². The van der Waals surface area contributed by atoms with Gasteiger partial charge in [-0.2, -0.15) is 0 Å². The normalized spacial score (nSPS) is 24.1. The average molecular weight is 310 g/mol. The standard InChI is InChI=1S/C13H14N2O7/c1-7(17)21-11-4-10(22-12(6-16)13(11)18)8-2-3-14-5-9(8)15(19)20/h2-5,11-13,16,18H,6H2,1H3/t11-,12-,13+/m1/s1. The van der Waals surface area contributed by atoms with Gasteiger partial charge in [-0.25, -0.2) is 0 Å². The lowest BCUT2D eigenvalue weighted by Crippen LogP contribution is -2.45. The lowest BCUT2D eigenvalue weighted by molar-refractivity contribution is -0.385. The minimum atomic E-state index is -1.28. The number of ether oxygens (including phenoxy) is 2. The van der Waals surface area contributed by atoms with Gasteiger partial charge in [0.1, 0.15) is 18.1 Å². The van der Waals surface area contributed by atoms with Crippen LogP contribution in [0.15, 0.2) is 24.5 Å². The smallest absolute Gasteiger partial charge is 0.303 e. The topological polar surface area (TPSA) is 132 Å². The van der Waals surface area contributed by atoms with Crippen LogP contribution in [0.4, 0.5) is 5.69 Å². The van der Waals surface area contributed by atoms with E-state index < -0.39 is 35.8 Å². The number of esters is 1. The Morgan fingerprint density at radius 3 is 2.91 bits per heavy atom. The predicted molar refractivity (Wildman–Crippen MR) is 72.4 cm³/mol. The van der Waals surface area contributed by atoms with Gasteiger partial charge in [0.15, 0.2) is 12.2 Å². The molecule has 2 rings (SSSR count). The molecule has 1 aliphatic rings. The third-order valence-corrected chi connectivity index (χ3v) is 3.06. The largest absolute Gasteiger partial charge is 0.484 e. The minimum Gasteiger partial charge on any atom is -0.484 e. The van der Waals surface area contributed by atoms with Crippen LogP contribution in [0.3, 0.4) is 0 Å². The fourth-order valence-corrected chi connectivity index (χ4v) is 2.07. The van der Waals surface area contributed by atoms with Crippen molar-refractivity contribution in [2.75, 3.05) is 6.61 Å². The third kappa shape index (κ3) is 3.21. The van der Waals surface area contributed by atoms with E-state index in [2.05, 4.69) is 4.98 Å². The van der Waals surface area contributed by atoms with Gasteiger partial charge in [0.05, 0.1) is 17.1 Å². The number of rotatable bonds is 4. The molecule has 1 aromatic heterocycles. The van der Waals surface area contributed by atoms with Crippen LogP contribution in [0.2, 0.25) is 0 Å². The molecule has 0 saturated heterocycles. The van der Waals surface area contributed by atoms with Crippen LogP contribution in [-0.2, 0) is 14.3 Å². The number of carbonyl (C=O) groups is 1. The fraction of sp³-hybridized carbons (Fsp3) is 0.385. The quantitative estimate of drug-likeness (QED) is 0.451. The summed E-state index contributed by atoms with van der Waals surface area (Å²) in [6.45, 7) is 0.619. The van der Waals surface area contributed by atoms with Crippen molar-refractivity contribution in [3.8, 4) is 0 Å². The van der Waals surface area contributed by atoms with Crippen LogP contribution < -0.4 is 0 Å². The zero-order valence-corrected chi connectivity index (χ0v) is 11.6. The molecule has 2 N–H and O–H groups in total. The molecule has 2 heterocycles. The molecule has 3 atom stereocenters. The van der Waals surface area contributed by atoms with E-state index in [1.165, 1.54) is 25.3 Å². The summed E-state index contributed by atoms with van der Waals surface area (Å²) < 4.78 is 10.3. The molecule has 0 amide bonds. The summed E-state index contributed by atoms with van der Waals surface area (Å²) in [6.07, 6.45) is 0.230. The number of pyridine rings is 1. The van der Waals surface area contributed by atoms with Crippen LogP contribution in [-0.4, -0.2) is 51.0 Å². The summed E-state index contributed by atoms with van der Waals surface area (Å²) in [5.41, 5.74) is -0.189. The highest BCUT2D eigenvalue weighted by molar-refractivity contribution is 5.70. The van der Waals surface area contributed by atoms with E-state index in [9.17, 15) is 25.1 Å². The second-order valence-electron chi connectivity index (χ2n) is 4.58. The van der Waals surface area contributed by atoms with Gasteiger partial charge < -0.3 is 19.7 Å². The first-order valence-electron chi connectivity index (χ1n) is 6.37. The van der Waals surface area contributed by atoms with E-state index in [4.69, 9.17) is 9.47 Å². The lowest BCUT2D eigenvalue weighted by Gasteiger charge is -2.32. The minimum absolute atomic E-state index is 0.0321. The zero-order chi connectivity index (χ0) is 16.3. The van der Waals surface area contributed by atoms with Gasteiger partial charge in [-0.1, -0.05) is 0 Å². The molecule has 0 fully saturated rings. The van der Waals surface area contributed by atoms with E-state index in [1.807, 2.05) is 0 Å². The first-order chi connectivity index (χ1) is 10.4. The molecule has 0 aliphatic carbocycles. The number of hydrogen-bond donors (Lipinski definition) is 2. The van der Waals surface area contributed by atoms with Gasteiger partial charge in [-0.15, -0.1) is 0 Å². The molecule has 0 bridgehead atoms. The Morgan fingerprint density at radius 1 is 1.59 bits per heavy atom. The Labute approximate surface area is 125 Å². The SMILES string of the molecule is CC(=O)O[C@@H]1C=C(c2ccncc2[N+](=O)[O-])O[C@H](CO)[C@H]1O. The van der Waals surface area contributed by atoms with E-state index in [0.717, 1.165) is 6.20 Å². The van der Waals surface area contributed by atoms with Gasteiger partial charge in [0.25, 0.3) is 5.69 Å². The maximum Gasteiger partial charge on any atom is 0.303 e. The second-order valence-corrected chi connectivity index (χ2v) is 4.58. The summed E-state index contributed by atoms with van der Waals surface area (Å²) in [5.74, 6) is -0.604. The number of hydrogen-bond acceptors (Lipinski definition) is 8. The van der Waals surface area contributed by atoms with Gasteiger partial charge >= 0.3 is 5.97 Å². The molecule has 1 aromatic rings. The van der Waals surface area contributed by atoms with Crippen LogP contribution >= 0.6 is 0 Å². The summed E-state index contributed by atoms with van der Waals surface area (Å²) in [7, 11) is 0. The Kier molecular flexibility index (Phi) is 4.68. The Morgan fingerprint density at radius 2 is 2.32 bits per heavy atom. The third-order valence-electron chi connectivity index (χ3n) is 3.06. The molecule has 118 valence electrons. The van der Waals surface area contributed by atoms with Crippen molar-refractivity contribution in [3.63, 3.8) is 0 Å². The van der Waals surface area contributed by atoms with Gasteiger partial charge in [0.2, 0.25) is 0 Å². The van der Waals surface area contributed by atoms with Crippen molar-refractivity contribution in [2.45, 2.75) is 25.2 Å². The number of nitro groups is 1. The highest BCUT2D eigenvalue weighted by atomic mass is 16.6. The van der Waals surface area contributed by atoms with Crippen molar-refractivity contribution in [2.24, 2.45) is 0 Å². The number of carbonyl (C=O) groups excluding carboxylic acids is 1. The summed E-state index contributed by atoms with van der Waals surface area (Å²) >= 11 is 0. The molecule has 1 aliphatic heterocycles. The highest BCUT2D eigenvalue weighted by Crippen LogP contribution is 2.32. The number of aliphatic hydroxyl groups is 2. The maximum atomic E-state index is 11.1. The van der Waals surface area contributed by atoms with Crippen molar-refractivity contribution >= 4 is 17.4 Å². The Hall–Kier alpha value is -2.52. The molecule has 9 nitrogen and oxygen atoms in total. The Bertz CT molecular complexity index is 616. The van der Waals surface area contributed by atoms with Crippen LogP contribution in [0.5, 0.6) is 0 Å². The van der Waals surface area contributed by atoms with E-state index in [1.54, 1.807) is 0 Å². The van der Waals surface area contributed by atoms with E-state index in [0.29, 0.717) is 0 Å². The first-order valence-corrected chi connectivity index (χ1v) is 6.37. The molecule has 9 heteroatoms. The predicted octanol–water partition coefficient (Wildman–Crippen LogP) is 0.0144. The van der Waals surface area contributed by atoms with Gasteiger partial charge in [-0.05, 0) is 6.07 Å². The molecule has 0 spiro atoms. The summed E-state index contributed by atoms with van der Waals surface area (Å²) in [6, 6.07) is 1.36. The highest BCUT2D eigenvalue weighted by Gasteiger charge is 2.37.